The van der Waals surface area contributed by atoms with Gasteiger partial charge in [0, 0.05) is 38.6 Å². The molecule has 9 rings (SSSR count). The number of aliphatic carboxylic acids is 1. The highest BCUT2D eigenvalue weighted by molar-refractivity contribution is 6.11. The zero-order valence-corrected chi connectivity index (χ0v) is 39.1. The van der Waals surface area contributed by atoms with Crippen LogP contribution in [0.4, 0.5) is 0 Å². The minimum absolute atomic E-state index is 0.00237. The standard InChI is InChI=1S/C57H58O9/c1-35-13-22-40(47(29-35)62-7)43-30-44-45(31-48(43)63-8)53-42(52-51(44)41-11-9-10-12-46(41)56(52)33-54(2,3)32-55(4,5)34-56)25-26-57(66-53,36-14-18-38(61-6)19-15-36)37-16-20-39(21-17-37)64-27-28-65-50(60)24-23-49(58)59/h9-22,25-26,29-31H,23-24,27-28,32-34H2,1-8H3,(H,58,59). The van der Waals surface area contributed by atoms with Crippen LogP contribution in [0.25, 0.3) is 39.1 Å². The molecule has 9 nitrogen and oxygen atoms in total. The van der Waals surface area contributed by atoms with Crippen molar-refractivity contribution in [1.29, 1.82) is 0 Å². The average Bonchev–Trinajstić information content (AvgIpc) is 3.56. The van der Waals surface area contributed by atoms with Gasteiger partial charge in [0.1, 0.15) is 42.0 Å². The lowest BCUT2D eigenvalue weighted by molar-refractivity contribution is -0.148. The fourth-order valence-corrected chi connectivity index (χ4v) is 11.8. The van der Waals surface area contributed by atoms with Gasteiger partial charge in [-0.25, -0.2) is 0 Å². The molecule has 0 radical (unpaired) electrons. The van der Waals surface area contributed by atoms with Crippen molar-refractivity contribution in [2.75, 3.05) is 34.5 Å². The van der Waals surface area contributed by atoms with Gasteiger partial charge in [-0.3, -0.25) is 9.59 Å². The first-order valence-corrected chi connectivity index (χ1v) is 22.7. The maximum atomic E-state index is 12.0. The minimum Gasteiger partial charge on any atom is -0.497 e. The molecule has 1 aliphatic heterocycles. The number of hydrogen-bond donors (Lipinski definition) is 1. The molecule has 6 aromatic carbocycles. The number of methoxy groups -OCH3 is 3. The molecule has 340 valence electrons. The predicted molar refractivity (Wildman–Crippen MR) is 258 cm³/mol. The molecule has 0 amide bonds. The van der Waals surface area contributed by atoms with E-state index < -0.39 is 17.5 Å². The molecule has 1 saturated carbocycles. The molecule has 1 unspecified atom stereocenters. The second-order valence-electron chi connectivity index (χ2n) is 19.7. The Kier molecular flexibility index (Phi) is 11.4. The van der Waals surface area contributed by atoms with Crippen molar-refractivity contribution < 1.29 is 43.1 Å². The van der Waals surface area contributed by atoms with Gasteiger partial charge in [0.25, 0.3) is 0 Å². The number of fused-ring (bicyclic) bond motifs is 10. The van der Waals surface area contributed by atoms with Gasteiger partial charge in [0.05, 0.1) is 34.2 Å². The summed E-state index contributed by atoms with van der Waals surface area (Å²) < 4.78 is 37.0. The Labute approximate surface area is 387 Å². The largest absolute Gasteiger partial charge is 0.497 e. The van der Waals surface area contributed by atoms with Crippen LogP contribution in [0, 0.1) is 17.8 Å². The van der Waals surface area contributed by atoms with Crippen LogP contribution in [0.1, 0.15) is 93.2 Å². The molecule has 6 aromatic rings. The lowest BCUT2D eigenvalue weighted by atomic mass is 9.52. The van der Waals surface area contributed by atoms with Crippen LogP contribution in [0.5, 0.6) is 28.7 Å². The second kappa shape index (κ2) is 16.9. The molecule has 1 N–H and O–H groups in total. The van der Waals surface area contributed by atoms with Crippen molar-refractivity contribution in [2.24, 2.45) is 10.8 Å². The summed E-state index contributed by atoms with van der Waals surface area (Å²) in [5.41, 5.74) is 9.74. The highest BCUT2D eigenvalue weighted by Gasteiger charge is 2.55. The number of esters is 1. The van der Waals surface area contributed by atoms with Crippen LogP contribution < -0.4 is 23.7 Å². The number of hydrogen-bond acceptors (Lipinski definition) is 8. The van der Waals surface area contributed by atoms with E-state index in [9.17, 15) is 9.59 Å². The van der Waals surface area contributed by atoms with Gasteiger partial charge in [-0.15, -0.1) is 0 Å². The van der Waals surface area contributed by atoms with Crippen LogP contribution in [0.2, 0.25) is 0 Å². The molecular weight excluding hydrogens is 829 g/mol. The molecule has 0 bridgehead atoms. The van der Waals surface area contributed by atoms with Gasteiger partial charge in [-0.05, 0) is 119 Å². The van der Waals surface area contributed by atoms with E-state index in [-0.39, 0.29) is 42.3 Å². The highest BCUT2D eigenvalue weighted by Crippen LogP contribution is 2.67. The number of carbonyl (C=O) groups is 2. The zero-order valence-electron chi connectivity index (χ0n) is 39.1. The highest BCUT2D eigenvalue weighted by atomic mass is 16.6. The first-order valence-electron chi connectivity index (χ1n) is 22.7. The number of ether oxygens (including phenoxy) is 6. The SMILES string of the molecule is COc1ccc(C2(c3ccc(OCCOC(=O)CCC(=O)O)cc3)C=Cc3c4c(c5cc(-c6ccc(C)cc6OC)c(OC)cc5c3O2)-c2ccccc2C42CC(C)(C)CC(C)(C)C2)cc1. The Morgan fingerprint density at radius 3 is 1.97 bits per heavy atom. The predicted octanol–water partition coefficient (Wildman–Crippen LogP) is 12.5. The topological polar surface area (TPSA) is 110 Å². The summed E-state index contributed by atoms with van der Waals surface area (Å²) in [6, 6.07) is 35.6. The van der Waals surface area contributed by atoms with Crippen molar-refractivity contribution in [3.8, 4) is 51.0 Å². The van der Waals surface area contributed by atoms with E-state index in [4.69, 9.17) is 33.5 Å². The zero-order chi connectivity index (χ0) is 46.6. The summed E-state index contributed by atoms with van der Waals surface area (Å²) >= 11 is 0. The monoisotopic (exact) mass is 886 g/mol. The fourth-order valence-electron chi connectivity index (χ4n) is 11.8. The summed E-state index contributed by atoms with van der Waals surface area (Å²) in [5.74, 6) is 1.95. The molecule has 1 atom stereocenters. The number of rotatable bonds is 13. The summed E-state index contributed by atoms with van der Waals surface area (Å²) in [4.78, 5) is 22.9. The van der Waals surface area contributed by atoms with Gasteiger partial charge in [0.2, 0.25) is 0 Å². The smallest absolute Gasteiger partial charge is 0.306 e. The quantitative estimate of drug-likeness (QED) is 0.0895. The molecule has 3 aliphatic rings. The van der Waals surface area contributed by atoms with E-state index in [1.165, 1.54) is 22.3 Å². The van der Waals surface area contributed by atoms with Gasteiger partial charge in [0.15, 0.2) is 5.60 Å². The van der Waals surface area contributed by atoms with Crippen molar-refractivity contribution in [2.45, 2.75) is 77.7 Å². The van der Waals surface area contributed by atoms with Crippen molar-refractivity contribution in [3.05, 3.63) is 143 Å². The lowest BCUT2D eigenvalue weighted by Crippen LogP contribution is -2.44. The Bertz CT molecular complexity index is 2870. The summed E-state index contributed by atoms with van der Waals surface area (Å²) in [7, 11) is 5.10. The van der Waals surface area contributed by atoms with Gasteiger partial charge < -0.3 is 33.5 Å². The van der Waals surface area contributed by atoms with E-state index in [2.05, 4.69) is 114 Å². The molecular formula is C57H58O9. The molecule has 66 heavy (non-hydrogen) atoms. The third-order valence-corrected chi connectivity index (χ3v) is 13.7. The van der Waals surface area contributed by atoms with E-state index in [0.29, 0.717) is 11.5 Å². The van der Waals surface area contributed by atoms with Crippen molar-refractivity contribution in [1.82, 2.24) is 0 Å². The Hall–Kier alpha value is -6.74. The minimum atomic E-state index is -1.09. The average molecular weight is 887 g/mol. The van der Waals surface area contributed by atoms with Crippen LogP contribution in [0.3, 0.4) is 0 Å². The number of carboxylic acid groups (broad SMARTS) is 1. The molecule has 1 fully saturated rings. The first kappa shape index (κ1) is 44.5. The molecule has 1 spiro atoms. The first-order chi connectivity index (χ1) is 31.6. The van der Waals surface area contributed by atoms with Gasteiger partial charge in [-0.1, -0.05) is 94.4 Å². The van der Waals surface area contributed by atoms with Gasteiger partial charge >= 0.3 is 11.9 Å². The Morgan fingerprint density at radius 1 is 0.667 bits per heavy atom. The number of aryl methyl sites for hydroxylation is 1. The number of carboxylic acids is 1. The molecule has 2 aliphatic carbocycles. The van der Waals surface area contributed by atoms with Crippen molar-refractivity contribution in [3.63, 3.8) is 0 Å². The summed E-state index contributed by atoms with van der Waals surface area (Å²) in [6.07, 6.45) is 7.13. The van der Waals surface area contributed by atoms with E-state index in [1.807, 2.05) is 36.4 Å². The van der Waals surface area contributed by atoms with Crippen LogP contribution in [-0.2, 0) is 25.3 Å². The number of carbonyl (C=O) groups excluding carboxylic acids is 1. The maximum absolute atomic E-state index is 12.0. The third kappa shape index (κ3) is 7.82. The van der Waals surface area contributed by atoms with E-state index in [1.54, 1.807) is 21.3 Å². The summed E-state index contributed by atoms with van der Waals surface area (Å²) in [6.45, 7) is 11.9. The second-order valence-corrected chi connectivity index (χ2v) is 19.7. The van der Waals surface area contributed by atoms with Gasteiger partial charge in [-0.2, -0.15) is 0 Å². The molecule has 9 heteroatoms. The lowest BCUT2D eigenvalue weighted by Gasteiger charge is -2.52. The van der Waals surface area contributed by atoms with Crippen LogP contribution in [0.15, 0.2) is 109 Å². The normalized spacial score (nSPS) is 18.1. The number of benzene rings is 6. The fraction of sp³-hybridized carbons (Fsp3) is 0.333. The summed E-state index contributed by atoms with van der Waals surface area (Å²) in [5, 5.41) is 10.9. The van der Waals surface area contributed by atoms with Crippen LogP contribution >= 0.6 is 0 Å². The molecule has 0 saturated heterocycles. The molecule has 1 heterocycles. The Balaban J connectivity index is 1.26. The maximum Gasteiger partial charge on any atom is 0.306 e. The Morgan fingerprint density at radius 2 is 1.32 bits per heavy atom. The third-order valence-electron chi connectivity index (χ3n) is 13.7. The van der Waals surface area contributed by atoms with E-state index in [0.717, 1.165) is 80.7 Å². The van der Waals surface area contributed by atoms with Crippen LogP contribution in [-0.4, -0.2) is 51.6 Å². The van der Waals surface area contributed by atoms with E-state index >= 15 is 0 Å². The molecule has 0 aromatic heterocycles. The van der Waals surface area contributed by atoms with Crippen molar-refractivity contribution >= 4 is 28.8 Å².